The maximum Gasteiger partial charge on any atom is 0.265 e. The van der Waals surface area contributed by atoms with Crippen molar-refractivity contribution in [3.63, 3.8) is 0 Å². The first-order valence-electron chi connectivity index (χ1n) is 10.0. The van der Waals surface area contributed by atoms with E-state index < -0.39 is 20.5 Å². The number of ketones is 1. The topological polar surface area (TPSA) is 128 Å². The van der Waals surface area contributed by atoms with Crippen molar-refractivity contribution in [2.45, 2.75) is 29.4 Å². The number of amides is 1. The van der Waals surface area contributed by atoms with E-state index in [9.17, 15) is 18.0 Å². The van der Waals surface area contributed by atoms with Crippen molar-refractivity contribution in [2.24, 2.45) is 0 Å². The Morgan fingerprint density at radius 3 is 1.94 bits per heavy atom. The molecule has 2 aromatic carbocycles. The maximum absolute atomic E-state index is 13.2. The van der Waals surface area contributed by atoms with E-state index in [0.29, 0.717) is 17.1 Å². The minimum absolute atomic E-state index is 0.0231. The fourth-order valence-corrected chi connectivity index (χ4v) is 5.41. The first kappa shape index (κ1) is 23.7. The lowest BCUT2D eigenvalue weighted by Gasteiger charge is -2.34. The Morgan fingerprint density at radius 2 is 1.47 bits per heavy atom. The highest BCUT2D eigenvalue weighted by atomic mass is 32.2. The molecule has 1 heterocycles. The van der Waals surface area contributed by atoms with Crippen molar-refractivity contribution in [2.75, 3.05) is 26.4 Å². The molecule has 0 spiro atoms. The van der Waals surface area contributed by atoms with E-state index in [0.717, 1.165) is 0 Å². The zero-order chi connectivity index (χ0) is 23.2. The summed E-state index contributed by atoms with van der Waals surface area (Å²) in [6.07, 6.45) is -0.102. The molecular formula is C22H25NO8S. The van der Waals surface area contributed by atoms with Gasteiger partial charge in [-0.2, -0.15) is 0 Å². The highest BCUT2D eigenvalue weighted by Gasteiger charge is 2.52. The number of ether oxygens (including phenoxy) is 3. The molecule has 0 radical (unpaired) electrons. The first-order chi connectivity index (χ1) is 15.3. The Bertz CT molecular complexity index is 1040. The average Bonchev–Trinajstić information content (AvgIpc) is 2.82. The number of sulfone groups is 1. The minimum Gasteiger partial charge on any atom is -0.490 e. The summed E-state index contributed by atoms with van der Waals surface area (Å²) in [5.74, 6) is 0.0516. The molecule has 1 amide bonds. The largest absolute Gasteiger partial charge is 0.490 e. The van der Waals surface area contributed by atoms with Gasteiger partial charge in [0.15, 0.2) is 20.4 Å². The van der Waals surface area contributed by atoms with E-state index >= 15 is 0 Å². The zero-order valence-electron chi connectivity index (χ0n) is 17.6. The third kappa shape index (κ3) is 4.93. The normalized spacial score (nSPS) is 15.6. The van der Waals surface area contributed by atoms with Crippen LogP contribution in [0, 0.1) is 0 Å². The molecule has 3 rings (SSSR count). The van der Waals surface area contributed by atoms with Gasteiger partial charge in [0.2, 0.25) is 0 Å². The molecule has 1 saturated heterocycles. The Balaban J connectivity index is 1.60. The molecule has 9 nitrogen and oxygen atoms in total. The number of hydrogen-bond acceptors (Lipinski definition) is 8. The fourth-order valence-electron chi connectivity index (χ4n) is 3.47. The van der Waals surface area contributed by atoms with Crippen molar-refractivity contribution < 1.29 is 37.4 Å². The summed E-state index contributed by atoms with van der Waals surface area (Å²) in [5.41, 5.74) is 2.09. The molecule has 2 N–H and O–H groups in total. The standard InChI is InChI=1S/C22H25NO8S/c1-16(24)17-2-4-18(5-3-17)30-14-15-31-19-6-8-20(9-7-19)32(27,28)22(21(25)23-26)10-12-29-13-11-22/h2-9,26H,10-15H2,1H3,(H,23,25). The van der Waals surface area contributed by atoms with Crippen molar-refractivity contribution in [3.8, 4) is 11.5 Å². The summed E-state index contributed by atoms with van der Waals surface area (Å²) in [6, 6.07) is 12.5. The lowest BCUT2D eigenvalue weighted by atomic mass is 9.98. The number of benzene rings is 2. The van der Waals surface area contributed by atoms with Crippen LogP contribution in [0.4, 0.5) is 0 Å². The van der Waals surface area contributed by atoms with Gasteiger partial charge in [0.05, 0.1) is 4.90 Å². The molecule has 0 atom stereocenters. The number of carbonyl (C=O) groups is 2. The summed E-state index contributed by atoms with van der Waals surface area (Å²) in [6.45, 7) is 2.16. The van der Waals surface area contributed by atoms with Gasteiger partial charge in [-0.05, 0) is 68.3 Å². The molecule has 10 heteroatoms. The highest BCUT2D eigenvalue weighted by molar-refractivity contribution is 7.93. The Kier molecular flexibility index (Phi) is 7.49. The zero-order valence-corrected chi connectivity index (χ0v) is 18.4. The molecule has 32 heavy (non-hydrogen) atoms. The Morgan fingerprint density at radius 1 is 0.969 bits per heavy atom. The van der Waals surface area contributed by atoms with Gasteiger partial charge in [-0.25, -0.2) is 13.9 Å². The third-order valence-electron chi connectivity index (χ3n) is 5.35. The van der Waals surface area contributed by atoms with Crippen molar-refractivity contribution in [1.29, 1.82) is 0 Å². The number of hydroxylamine groups is 1. The van der Waals surface area contributed by atoms with Gasteiger partial charge in [-0.1, -0.05) is 0 Å². The van der Waals surface area contributed by atoms with Crippen LogP contribution in [-0.2, 0) is 19.4 Å². The lowest BCUT2D eigenvalue weighted by Crippen LogP contribution is -2.54. The number of carbonyl (C=O) groups excluding carboxylic acids is 2. The van der Waals surface area contributed by atoms with Crippen LogP contribution in [0.15, 0.2) is 53.4 Å². The summed E-state index contributed by atoms with van der Waals surface area (Å²) in [7, 11) is -4.08. The molecule has 0 bridgehead atoms. The van der Waals surface area contributed by atoms with Crippen LogP contribution in [0.5, 0.6) is 11.5 Å². The van der Waals surface area contributed by atoms with Crippen LogP contribution in [0.3, 0.4) is 0 Å². The maximum atomic E-state index is 13.2. The van der Waals surface area contributed by atoms with Crippen molar-refractivity contribution in [1.82, 2.24) is 5.48 Å². The number of Topliss-reactive ketones (excluding diaryl/α,β-unsaturated/α-hetero) is 1. The summed E-state index contributed by atoms with van der Waals surface area (Å²) in [4.78, 5) is 23.5. The molecule has 2 aromatic rings. The van der Waals surface area contributed by atoms with E-state index in [2.05, 4.69) is 0 Å². The second-order valence-electron chi connectivity index (χ2n) is 7.30. The van der Waals surface area contributed by atoms with Crippen LogP contribution < -0.4 is 15.0 Å². The number of hydrogen-bond donors (Lipinski definition) is 2. The van der Waals surface area contributed by atoms with Gasteiger partial charge in [0.1, 0.15) is 24.7 Å². The molecule has 0 saturated carbocycles. The molecular weight excluding hydrogens is 438 g/mol. The number of rotatable bonds is 9. The SMILES string of the molecule is CC(=O)c1ccc(OCCOc2ccc(S(=O)(=O)C3(C(=O)NO)CCOCC3)cc2)cc1. The van der Waals surface area contributed by atoms with Crippen LogP contribution in [-0.4, -0.2) is 56.5 Å². The van der Waals surface area contributed by atoms with Crippen molar-refractivity contribution in [3.05, 3.63) is 54.1 Å². The third-order valence-corrected chi connectivity index (χ3v) is 7.86. The Hall–Kier alpha value is -2.95. The molecule has 172 valence electrons. The predicted octanol–water partition coefficient (Wildman–Crippen LogP) is 2.18. The van der Waals surface area contributed by atoms with E-state index in [-0.39, 0.29) is 49.9 Å². The second kappa shape index (κ2) is 10.1. The van der Waals surface area contributed by atoms with Gasteiger partial charge in [0.25, 0.3) is 5.91 Å². The summed E-state index contributed by atoms with van der Waals surface area (Å²) >= 11 is 0. The van der Waals surface area contributed by atoms with Crippen LogP contribution in [0.2, 0.25) is 0 Å². The summed E-state index contributed by atoms with van der Waals surface area (Å²) < 4.78 is 40.9. The molecule has 1 aliphatic heterocycles. The fraction of sp³-hybridized carbons (Fsp3) is 0.364. The number of nitrogens with one attached hydrogen (secondary N) is 1. The molecule has 0 aromatic heterocycles. The molecule has 0 unspecified atom stereocenters. The highest BCUT2D eigenvalue weighted by Crippen LogP contribution is 2.35. The van der Waals surface area contributed by atoms with Gasteiger partial charge >= 0.3 is 0 Å². The average molecular weight is 464 g/mol. The summed E-state index contributed by atoms with van der Waals surface area (Å²) in [5, 5.41) is 9.10. The quantitative estimate of drug-likeness (QED) is 0.251. The van der Waals surface area contributed by atoms with Crippen molar-refractivity contribution >= 4 is 21.5 Å². The van der Waals surface area contributed by atoms with Gasteiger partial charge in [-0.15, -0.1) is 0 Å². The van der Waals surface area contributed by atoms with Crippen LogP contribution in [0.25, 0.3) is 0 Å². The van der Waals surface area contributed by atoms with Crippen LogP contribution in [0.1, 0.15) is 30.1 Å². The smallest absolute Gasteiger partial charge is 0.265 e. The van der Waals surface area contributed by atoms with E-state index in [1.54, 1.807) is 24.3 Å². The minimum atomic E-state index is -4.08. The van der Waals surface area contributed by atoms with E-state index in [4.69, 9.17) is 19.4 Å². The van der Waals surface area contributed by atoms with Gasteiger partial charge in [0, 0.05) is 18.8 Å². The monoisotopic (exact) mass is 463 g/mol. The predicted molar refractivity (Wildman–Crippen MR) is 114 cm³/mol. The van der Waals surface area contributed by atoms with E-state index in [1.165, 1.54) is 36.7 Å². The molecule has 0 aliphatic carbocycles. The molecule has 1 fully saturated rings. The second-order valence-corrected chi connectivity index (χ2v) is 9.56. The van der Waals surface area contributed by atoms with Gasteiger partial charge in [-0.3, -0.25) is 14.8 Å². The first-order valence-corrected chi connectivity index (χ1v) is 11.5. The lowest BCUT2D eigenvalue weighted by molar-refractivity contribution is -0.134. The Labute approximate surface area is 186 Å². The van der Waals surface area contributed by atoms with Gasteiger partial charge < -0.3 is 14.2 Å². The van der Waals surface area contributed by atoms with Crippen LogP contribution >= 0.6 is 0 Å². The molecule has 1 aliphatic rings. The van der Waals surface area contributed by atoms with E-state index in [1.807, 2.05) is 0 Å².